The summed E-state index contributed by atoms with van der Waals surface area (Å²) in [4.78, 5) is 6.90. The second-order valence-electron chi connectivity index (χ2n) is 4.15. The second kappa shape index (κ2) is 4.18. The van der Waals surface area contributed by atoms with Crippen molar-refractivity contribution in [3.8, 4) is 0 Å². The van der Waals surface area contributed by atoms with Crippen molar-refractivity contribution in [2.75, 3.05) is 6.54 Å². The summed E-state index contributed by atoms with van der Waals surface area (Å²) in [5, 5.41) is 0.220. The third-order valence-corrected chi connectivity index (χ3v) is 4.94. The van der Waals surface area contributed by atoms with Crippen molar-refractivity contribution in [2.45, 2.75) is 44.2 Å². The number of sulfonamides is 1. The maximum absolute atomic E-state index is 12.2. The quantitative estimate of drug-likeness (QED) is 0.866. The molecule has 2 heterocycles. The molecule has 16 heavy (non-hydrogen) atoms. The van der Waals surface area contributed by atoms with Gasteiger partial charge in [0.1, 0.15) is 5.82 Å². The van der Waals surface area contributed by atoms with Gasteiger partial charge in [-0.25, -0.2) is 13.4 Å². The Morgan fingerprint density at radius 3 is 2.88 bits per heavy atom. The van der Waals surface area contributed by atoms with Crippen LogP contribution in [0.5, 0.6) is 0 Å². The van der Waals surface area contributed by atoms with E-state index in [0.717, 1.165) is 12.8 Å². The number of aromatic nitrogens is 2. The van der Waals surface area contributed by atoms with Crippen LogP contribution in [0.2, 0.25) is 0 Å². The first-order valence-corrected chi connectivity index (χ1v) is 7.05. The average Bonchev–Trinajstić information content (AvgIpc) is 2.85. The lowest BCUT2D eigenvalue weighted by molar-refractivity contribution is 0.406. The number of rotatable bonds is 3. The van der Waals surface area contributed by atoms with Gasteiger partial charge in [-0.2, -0.15) is 4.31 Å². The summed E-state index contributed by atoms with van der Waals surface area (Å²) >= 11 is 0. The summed E-state index contributed by atoms with van der Waals surface area (Å²) in [6, 6.07) is 0.0957. The first-order valence-electron chi connectivity index (χ1n) is 5.61. The van der Waals surface area contributed by atoms with E-state index in [1.54, 1.807) is 4.31 Å². The molecule has 1 aromatic rings. The van der Waals surface area contributed by atoms with Crippen molar-refractivity contribution in [3.05, 3.63) is 12.0 Å². The number of hydrogen-bond donors (Lipinski definition) is 1. The Morgan fingerprint density at radius 2 is 2.38 bits per heavy atom. The molecule has 0 saturated carbocycles. The molecule has 1 aliphatic heterocycles. The van der Waals surface area contributed by atoms with Crippen molar-refractivity contribution < 1.29 is 8.42 Å². The highest BCUT2D eigenvalue weighted by molar-refractivity contribution is 7.89. The topological polar surface area (TPSA) is 66.1 Å². The summed E-state index contributed by atoms with van der Waals surface area (Å²) < 4.78 is 26.0. The highest BCUT2D eigenvalue weighted by atomic mass is 32.2. The Morgan fingerprint density at radius 1 is 1.62 bits per heavy atom. The number of aromatic amines is 1. The summed E-state index contributed by atoms with van der Waals surface area (Å²) in [6.07, 6.45) is 4.01. The third-order valence-electron chi connectivity index (χ3n) is 3.02. The van der Waals surface area contributed by atoms with Gasteiger partial charge < -0.3 is 4.98 Å². The van der Waals surface area contributed by atoms with Gasteiger partial charge in [0.25, 0.3) is 10.0 Å². The van der Waals surface area contributed by atoms with Gasteiger partial charge in [0.2, 0.25) is 0 Å². The third kappa shape index (κ3) is 1.87. The highest BCUT2D eigenvalue weighted by Crippen LogP contribution is 2.24. The fourth-order valence-electron chi connectivity index (χ4n) is 2.04. The molecular formula is C10H17N3O2S. The average molecular weight is 243 g/mol. The zero-order chi connectivity index (χ0) is 11.8. The van der Waals surface area contributed by atoms with Gasteiger partial charge >= 0.3 is 0 Å². The molecule has 0 bridgehead atoms. The molecule has 0 radical (unpaired) electrons. The molecule has 0 aromatic carbocycles. The van der Waals surface area contributed by atoms with Crippen molar-refractivity contribution in [2.24, 2.45) is 0 Å². The van der Waals surface area contributed by atoms with Crippen LogP contribution in [0.25, 0.3) is 0 Å². The molecule has 0 amide bonds. The van der Waals surface area contributed by atoms with E-state index < -0.39 is 10.0 Å². The van der Waals surface area contributed by atoms with Crippen LogP contribution in [0.3, 0.4) is 0 Å². The Balaban J connectivity index is 2.31. The lowest BCUT2D eigenvalue weighted by Crippen LogP contribution is -2.33. The van der Waals surface area contributed by atoms with Crippen molar-refractivity contribution in [1.82, 2.24) is 14.3 Å². The van der Waals surface area contributed by atoms with E-state index in [4.69, 9.17) is 0 Å². The van der Waals surface area contributed by atoms with Gasteiger partial charge in [0.15, 0.2) is 5.03 Å². The predicted molar refractivity (Wildman–Crippen MR) is 60.6 cm³/mol. The molecule has 1 N–H and O–H groups in total. The Labute approximate surface area is 95.9 Å². The van der Waals surface area contributed by atoms with Crippen molar-refractivity contribution in [3.63, 3.8) is 0 Å². The first kappa shape index (κ1) is 11.6. The maximum Gasteiger partial charge on any atom is 0.260 e. The monoisotopic (exact) mass is 243 g/mol. The zero-order valence-electron chi connectivity index (χ0n) is 9.60. The van der Waals surface area contributed by atoms with E-state index in [-0.39, 0.29) is 11.1 Å². The molecule has 6 heteroatoms. The molecule has 1 saturated heterocycles. The van der Waals surface area contributed by atoms with Crippen LogP contribution in [0, 0.1) is 0 Å². The SMILES string of the molecule is CCc1ncc(S(=O)(=O)N2CCCC2C)[nH]1. The number of imidazole rings is 1. The minimum absolute atomic E-state index is 0.0957. The number of hydrogen-bond acceptors (Lipinski definition) is 3. The Hall–Kier alpha value is -0.880. The molecule has 90 valence electrons. The summed E-state index contributed by atoms with van der Waals surface area (Å²) in [7, 11) is -3.36. The van der Waals surface area contributed by atoms with Gasteiger partial charge in [0, 0.05) is 19.0 Å². The molecule has 1 atom stereocenters. The first-order chi connectivity index (χ1) is 7.55. The predicted octanol–water partition coefficient (Wildman–Crippen LogP) is 1.15. The standard InChI is InChI=1S/C10H17N3O2S/c1-3-9-11-7-10(12-9)16(14,15)13-6-4-5-8(13)2/h7-8H,3-6H2,1-2H3,(H,11,12). The van der Waals surface area contributed by atoms with Gasteiger partial charge in [-0.05, 0) is 19.8 Å². The van der Waals surface area contributed by atoms with E-state index in [1.165, 1.54) is 6.20 Å². The lowest BCUT2D eigenvalue weighted by atomic mass is 10.3. The summed E-state index contributed by atoms with van der Waals surface area (Å²) in [5.74, 6) is 0.713. The molecule has 1 aromatic heterocycles. The van der Waals surface area contributed by atoms with Gasteiger partial charge in [-0.1, -0.05) is 6.92 Å². The van der Waals surface area contributed by atoms with Crippen LogP contribution in [0.4, 0.5) is 0 Å². The molecule has 2 rings (SSSR count). The molecule has 5 nitrogen and oxygen atoms in total. The number of H-pyrrole nitrogens is 1. The normalized spacial score (nSPS) is 22.8. The van der Waals surface area contributed by atoms with Crippen LogP contribution in [-0.2, 0) is 16.4 Å². The molecule has 1 unspecified atom stereocenters. The minimum atomic E-state index is -3.36. The Kier molecular flexibility index (Phi) is 3.03. The fourth-order valence-corrected chi connectivity index (χ4v) is 3.68. The fraction of sp³-hybridized carbons (Fsp3) is 0.700. The number of nitrogens with one attached hydrogen (secondary N) is 1. The molecule has 1 fully saturated rings. The smallest absolute Gasteiger partial charge is 0.260 e. The van der Waals surface area contributed by atoms with Crippen LogP contribution < -0.4 is 0 Å². The summed E-state index contributed by atoms with van der Waals surface area (Å²) in [5.41, 5.74) is 0. The molecule has 0 spiro atoms. The van der Waals surface area contributed by atoms with E-state index in [1.807, 2.05) is 13.8 Å². The Bertz CT molecular complexity index is 466. The van der Waals surface area contributed by atoms with Crippen LogP contribution in [-0.4, -0.2) is 35.3 Å². The number of nitrogens with zero attached hydrogens (tertiary/aromatic N) is 2. The lowest BCUT2D eigenvalue weighted by Gasteiger charge is -2.19. The zero-order valence-corrected chi connectivity index (χ0v) is 10.4. The van der Waals surface area contributed by atoms with E-state index >= 15 is 0 Å². The van der Waals surface area contributed by atoms with Gasteiger partial charge in [0.05, 0.1) is 6.20 Å². The molecular weight excluding hydrogens is 226 g/mol. The van der Waals surface area contributed by atoms with E-state index in [0.29, 0.717) is 18.8 Å². The van der Waals surface area contributed by atoms with Crippen molar-refractivity contribution in [1.29, 1.82) is 0 Å². The maximum atomic E-state index is 12.2. The highest BCUT2D eigenvalue weighted by Gasteiger charge is 2.33. The van der Waals surface area contributed by atoms with E-state index in [2.05, 4.69) is 9.97 Å². The van der Waals surface area contributed by atoms with Crippen LogP contribution >= 0.6 is 0 Å². The van der Waals surface area contributed by atoms with Crippen LogP contribution in [0.15, 0.2) is 11.2 Å². The summed E-state index contributed by atoms with van der Waals surface area (Å²) in [6.45, 7) is 4.50. The van der Waals surface area contributed by atoms with E-state index in [9.17, 15) is 8.42 Å². The second-order valence-corrected chi connectivity index (χ2v) is 6.01. The molecule has 0 aliphatic carbocycles. The number of aryl methyl sites for hydroxylation is 1. The minimum Gasteiger partial charge on any atom is -0.332 e. The molecule has 1 aliphatic rings. The largest absolute Gasteiger partial charge is 0.332 e. The van der Waals surface area contributed by atoms with Crippen LogP contribution in [0.1, 0.15) is 32.5 Å². The van der Waals surface area contributed by atoms with Crippen molar-refractivity contribution >= 4 is 10.0 Å². The van der Waals surface area contributed by atoms with Gasteiger partial charge in [-0.3, -0.25) is 0 Å². The van der Waals surface area contributed by atoms with Gasteiger partial charge in [-0.15, -0.1) is 0 Å².